The van der Waals surface area contributed by atoms with Gasteiger partial charge in [0.2, 0.25) is 5.91 Å². The van der Waals surface area contributed by atoms with Crippen LogP contribution in [0.4, 0.5) is 15.8 Å². The number of rotatable bonds is 7. The summed E-state index contributed by atoms with van der Waals surface area (Å²) in [6, 6.07) is 17.9. The Morgan fingerprint density at radius 1 is 0.900 bits per heavy atom. The van der Waals surface area contributed by atoms with E-state index in [1.807, 2.05) is 0 Å². The number of benzene rings is 3. The van der Waals surface area contributed by atoms with Crippen LogP contribution < -0.4 is 14.7 Å². The SMILES string of the molecule is O=C(CN(c1ccccc1F)S(=O)(=O)c1ccccc1)Nc1ccccc1C(=O)[O-]. The maximum absolute atomic E-state index is 14.4. The zero-order chi connectivity index (χ0) is 21.7. The molecule has 0 fully saturated rings. The zero-order valence-electron chi connectivity index (χ0n) is 15.5. The Morgan fingerprint density at radius 2 is 1.50 bits per heavy atom. The van der Waals surface area contributed by atoms with Crippen molar-refractivity contribution in [1.29, 1.82) is 0 Å². The lowest BCUT2D eigenvalue weighted by molar-refractivity contribution is -0.254. The Labute approximate surface area is 172 Å². The van der Waals surface area contributed by atoms with Crippen LogP contribution in [0.2, 0.25) is 0 Å². The fraction of sp³-hybridized carbons (Fsp3) is 0.0476. The molecule has 0 radical (unpaired) electrons. The first-order valence-electron chi connectivity index (χ1n) is 8.73. The van der Waals surface area contributed by atoms with Gasteiger partial charge in [-0.2, -0.15) is 0 Å². The lowest BCUT2D eigenvalue weighted by Crippen LogP contribution is -2.39. The van der Waals surface area contributed by atoms with Crippen molar-refractivity contribution in [1.82, 2.24) is 0 Å². The number of carbonyl (C=O) groups excluding carboxylic acids is 2. The van der Waals surface area contributed by atoms with Crippen molar-refractivity contribution in [3.05, 3.63) is 90.2 Å². The molecule has 0 aliphatic carbocycles. The molecule has 7 nitrogen and oxygen atoms in total. The quantitative estimate of drug-likeness (QED) is 0.621. The molecular formula is C21H16FN2O5S-. The van der Waals surface area contributed by atoms with Crippen LogP contribution in [0.25, 0.3) is 0 Å². The van der Waals surface area contributed by atoms with Crippen molar-refractivity contribution in [2.45, 2.75) is 4.90 Å². The molecule has 30 heavy (non-hydrogen) atoms. The number of nitrogens with one attached hydrogen (secondary N) is 1. The summed E-state index contributed by atoms with van der Waals surface area (Å²) < 4.78 is 41.3. The van der Waals surface area contributed by atoms with Gasteiger partial charge >= 0.3 is 0 Å². The van der Waals surface area contributed by atoms with E-state index >= 15 is 0 Å². The summed E-state index contributed by atoms with van der Waals surface area (Å²) in [5.74, 6) is -3.19. The number of halogens is 1. The molecule has 3 rings (SSSR count). The maximum Gasteiger partial charge on any atom is 0.264 e. The number of nitrogens with zero attached hydrogens (tertiary/aromatic N) is 1. The Morgan fingerprint density at radius 3 is 2.17 bits per heavy atom. The summed E-state index contributed by atoms with van der Waals surface area (Å²) in [5.41, 5.74) is -0.646. The highest BCUT2D eigenvalue weighted by atomic mass is 32.2. The van der Waals surface area contributed by atoms with Crippen molar-refractivity contribution in [3.8, 4) is 0 Å². The Kier molecular flexibility index (Phi) is 6.12. The van der Waals surface area contributed by atoms with E-state index in [1.165, 1.54) is 66.7 Å². The van der Waals surface area contributed by atoms with Crippen LogP contribution in [0.1, 0.15) is 10.4 Å². The standard InChI is InChI=1S/C21H17FN2O5S/c22-17-11-5-7-13-19(17)24(30(28,29)15-8-2-1-3-9-15)14-20(25)23-18-12-6-4-10-16(18)21(26)27/h1-13H,14H2,(H,23,25)(H,26,27)/p-1. The maximum atomic E-state index is 14.4. The topological polar surface area (TPSA) is 107 Å². The van der Waals surface area contributed by atoms with E-state index in [0.717, 1.165) is 6.07 Å². The number of sulfonamides is 1. The van der Waals surface area contributed by atoms with E-state index in [-0.39, 0.29) is 21.8 Å². The van der Waals surface area contributed by atoms with E-state index in [0.29, 0.717) is 4.31 Å². The molecule has 0 unspecified atom stereocenters. The fourth-order valence-electron chi connectivity index (χ4n) is 2.76. The summed E-state index contributed by atoms with van der Waals surface area (Å²) >= 11 is 0. The predicted octanol–water partition coefficient (Wildman–Crippen LogP) is 2.02. The molecule has 3 aromatic rings. The number of amides is 1. The second-order valence-corrected chi connectivity index (χ2v) is 8.02. The Hall–Kier alpha value is -3.72. The van der Waals surface area contributed by atoms with Gasteiger partial charge in [-0.15, -0.1) is 0 Å². The molecule has 0 saturated heterocycles. The van der Waals surface area contributed by atoms with Gasteiger partial charge in [0.15, 0.2) is 0 Å². The van der Waals surface area contributed by atoms with Crippen LogP contribution >= 0.6 is 0 Å². The van der Waals surface area contributed by atoms with Crippen LogP contribution in [0.15, 0.2) is 83.8 Å². The number of hydrogen-bond acceptors (Lipinski definition) is 5. The molecular weight excluding hydrogens is 411 g/mol. The number of carboxylic acids is 1. The van der Waals surface area contributed by atoms with E-state index in [1.54, 1.807) is 6.07 Å². The van der Waals surface area contributed by atoms with Crippen molar-refractivity contribution < 1.29 is 27.5 Å². The van der Waals surface area contributed by atoms with Gasteiger partial charge in [0.05, 0.1) is 16.6 Å². The predicted molar refractivity (Wildman–Crippen MR) is 107 cm³/mol. The molecule has 9 heteroatoms. The molecule has 0 saturated carbocycles. The highest BCUT2D eigenvalue weighted by molar-refractivity contribution is 7.92. The average molecular weight is 427 g/mol. The number of carbonyl (C=O) groups is 2. The van der Waals surface area contributed by atoms with E-state index in [9.17, 15) is 27.5 Å². The number of para-hydroxylation sites is 2. The van der Waals surface area contributed by atoms with Crippen molar-refractivity contribution in [2.75, 3.05) is 16.2 Å². The van der Waals surface area contributed by atoms with Crippen molar-refractivity contribution >= 4 is 33.3 Å². The van der Waals surface area contributed by atoms with E-state index in [4.69, 9.17) is 0 Å². The van der Waals surface area contributed by atoms with Gasteiger partial charge in [0.25, 0.3) is 10.0 Å². The largest absolute Gasteiger partial charge is 0.545 e. The molecule has 0 aliphatic heterocycles. The fourth-order valence-corrected chi connectivity index (χ4v) is 4.21. The summed E-state index contributed by atoms with van der Waals surface area (Å²) in [4.78, 5) is 23.7. The first-order valence-corrected chi connectivity index (χ1v) is 10.2. The van der Waals surface area contributed by atoms with Gasteiger partial charge in [-0.25, -0.2) is 12.8 Å². The lowest BCUT2D eigenvalue weighted by Gasteiger charge is -2.24. The molecule has 0 atom stereocenters. The summed E-state index contributed by atoms with van der Waals surface area (Å²) in [6.07, 6.45) is 0. The Balaban J connectivity index is 1.97. The molecule has 0 aromatic heterocycles. The van der Waals surface area contributed by atoms with Gasteiger partial charge in [0.1, 0.15) is 12.4 Å². The van der Waals surface area contributed by atoms with Crippen LogP contribution in [0.3, 0.4) is 0 Å². The van der Waals surface area contributed by atoms with Crippen molar-refractivity contribution in [3.63, 3.8) is 0 Å². The smallest absolute Gasteiger partial charge is 0.264 e. The molecule has 0 spiro atoms. The lowest BCUT2D eigenvalue weighted by atomic mass is 10.2. The van der Waals surface area contributed by atoms with E-state index in [2.05, 4.69) is 5.32 Å². The second kappa shape index (κ2) is 8.75. The third-order valence-corrected chi connectivity index (χ3v) is 5.93. The normalized spacial score (nSPS) is 11.0. The van der Waals surface area contributed by atoms with E-state index < -0.39 is 34.3 Å². The van der Waals surface area contributed by atoms with Gasteiger partial charge in [0, 0.05) is 11.3 Å². The van der Waals surface area contributed by atoms with Crippen molar-refractivity contribution in [2.24, 2.45) is 0 Å². The second-order valence-electron chi connectivity index (χ2n) is 6.16. The molecule has 0 aliphatic rings. The molecule has 0 bridgehead atoms. The molecule has 3 aromatic carbocycles. The van der Waals surface area contributed by atoms with Crippen LogP contribution in [-0.2, 0) is 14.8 Å². The minimum absolute atomic E-state index is 0.0620. The number of anilines is 2. The van der Waals surface area contributed by atoms with Gasteiger partial charge in [-0.3, -0.25) is 9.10 Å². The molecule has 1 N–H and O–H groups in total. The first-order chi connectivity index (χ1) is 14.3. The van der Waals surface area contributed by atoms with Crippen LogP contribution in [-0.4, -0.2) is 26.8 Å². The Bertz CT molecular complexity index is 1180. The number of hydrogen-bond donors (Lipinski definition) is 1. The molecule has 154 valence electrons. The summed E-state index contributed by atoms with van der Waals surface area (Å²) in [6.45, 7) is -0.778. The number of carboxylic acid groups (broad SMARTS) is 1. The van der Waals surface area contributed by atoms with Crippen LogP contribution in [0, 0.1) is 5.82 Å². The molecule has 1 amide bonds. The number of aromatic carboxylic acids is 1. The third-order valence-electron chi connectivity index (χ3n) is 4.16. The summed E-state index contributed by atoms with van der Waals surface area (Å²) in [5, 5.41) is 13.6. The highest BCUT2D eigenvalue weighted by Crippen LogP contribution is 2.26. The minimum atomic E-state index is -4.29. The first kappa shape index (κ1) is 21.0. The average Bonchev–Trinajstić information content (AvgIpc) is 2.73. The van der Waals surface area contributed by atoms with Gasteiger partial charge < -0.3 is 15.2 Å². The summed E-state index contributed by atoms with van der Waals surface area (Å²) in [7, 11) is -4.29. The van der Waals surface area contributed by atoms with Crippen LogP contribution in [0.5, 0.6) is 0 Å². The monoisotopic (exact) mass is 427 g/mol. The third kappa shape index (κ3) is 4.47. The highest BCUT2D eigenvalue weighted by Gasteiger charge is 2.29. The zero-order valence-corrected chi connectivity index (χ0v) is 16.3. The van der Waals surface area contributed by atoms with Gasteiger partial charge in [-0.05, 0) is 30.3 Å². The minimum Gasteiger partial charge on any atom is -0.545 e. The van der Waals surface area contributed by atoms with Gasteiger partial charge in [-0.1, -0.05) is 48.5 Å². The molecule has 0 heterocycles.